The molecule has 0 atom stereocenters. The Morgan fingerprint density at radius 3 is 2.59 bits per heavy atom. The van der Waals surface area contributed by atoms with Crippen molar-refractivity contribution in [2.75, 3.05) is 5.32 Å². The lowest BCUT2D eigenvalue weighted by Crippen LogP contribution is -2.30. The van der Waals surface area contributed by atoms with E-state index >= 15 is 0 Å². The maximum absolute atomic E-state index is 12.1. The highest BCUT2D eigenvalue weighted by molar-refractivity contribution is 7.13. The third-order valence-electron chi connectivity index (χ3n) is 4.06. The van der Waals surface area contributed by atoms with Gasteiger partial charge in [0.05, 0.1) is 12.0 Å². The molecule has 0 unspecified atom stereocenters. The molecule has 0 aliphatic heterocycles. The van der Waals surface area contributed by atoms with Crippen LogP contribution in [0.1, 0.15) is 37.8 Å². The number of hydrogen-bond donors (Lipinski definition) is 2. The normalized spacial score (nSPS) is 16.6. The first-order valence-electron chi connectivity index (χ1n) is 7.59. The van der Waals surface area contributed by atoms with E-state index < -0.39 is 5.60 Å². The number of benzene rings is 1. The summed E-state index contributed by atoms with van der Waals surface area (Å²) in [4.78, 5) is 16.5. The Kier molecular flexibility index (Phi) is 4.27. The monoisotopic (exact) mass is 316 g/mol. The Morgan fingerprint density at radius 2 is 2.00 bits per heavy atom. The van der Waals surface area contributed by atoms with E-state index in [1.54, 1.807) is 11.3 Å². The van der Waals surface area contributed by atoms with Gasteiger partial charge in [-0.2, -0.15) is 0 Å². The van der Waals surface area contributed by atoms with Crippen LogP contribution in [0.2, 0.25) is 0 Å². The number of carbonyl (C=O) groups is 1. The maximum Gasteiger partial charge on any atom is 0.227 e. The van der Waals surface area contributed by atoms with Gasteiger partial charge < -0.3 is 10.4 Å². The largest absolute Gasteiger partial charge is 0.389 e. The number of thiazole rings is 1. The van der Waals surface area contributed by atoms with Gasteiger partial charge in [-0.25, -0.2) is 4.98 Å². The Labute approximate surface area is 134 Å². The minimum absolute atomic E-state index is 0.123. The summed E-state index contributed by atoms with van der Waals surface area (Å²) in [6.07, 6.45) is 3.64. The summed E-state index contributed by atoms with van der Waals surface area (Å²) in [6.45, 7) is 1.97. The molecular formula is C17H20N2O2S. The van der Waals surface area contributed by atoms with Crippen molar-refractivity contribution < 1.29 is 9.90 Å². The summed E-state index contributed by atoms with van der Waals surface area (Å²) in [5.74, 6) is -0.123. The minimum atomic E-state index is -0.803. The van der Waals surface area contributed by atoms with E-state index in [4.69, 9.17) is 0 Å². The molecule has 22 heavy (non-hydrogen) atoms. The number of carbonyl (C=O) groups excluding carboxylic acids is 1. The number of hydrogen-bond acceptors (Lipinski definition) is 4. The molecule has 1 aliphatic rings. The van der Waals surface area contributed by atoms with Crippen LogP contribution in [0.3, 0.4) is 0 Å². The Balaban J connectivity index is 1.62. The third-order valence-corrected chi connectivity index (χ3v) is 5.07. The van der Waals surface area contributed by atoms with Gasteiger partial charge in [0.25, 0.3) is 0 Å². The second kappa shape index (κ2) is 6.18. The number of aromatic nitrogens is 1. The Morgan fingerprint density at radius 1 is 1.32 bits per heavy atom. The van der Waals surface area contributed by atoms with Crippen molar-refractivity contribution in [2.24, 2.45) is 0 Å². The van der Waals surface area contributed by atoms with Crippen LogP contribution in [0.4, 0.5) is 5.69 Å². The highest BCUT2D eigenvalue weighted by Crippen LogP contribution is 2.32. The van der Waals surface area contributed by atoms with Gasteiger partial charge in [-0.1, -0.05) is 12.8 Å². The first-order valence-corrected chi connectivity index (χ1v) is 8.47. The molecule has 0 radical (unpaired) electrons. The molecule has 0 spiro atoms. The van der Waals surface area contributed by atoms with Crippen LogP contribution >= 0.6 is 11.3 Å². The fraction of sp³-hybridized carbons (Fsp3) is 0.412. The molecule has 1 heterocycles. The molecule has 1 aromatic carbocycles. The van der Waals surface area contributed by atoms with E-state index in [9.17, 15) is 9.90 Å². The molecule has 4 nitrogen and oxygen atoms in total. The molecule has 1 aromatic heterocycles. The molecule has 1 amide bonds. The summed E-state index contributed by atoms with van der Waals surface area (Å²) < 4.78 is 0. The predicted octanol–water partition coefficient (Wildman–Crippen LogP) is 3.75. The van der Waals surface area contributed by atoms with E-state index in [1.807, 2.05) is 36.6 Å². The van der Waals surface area contributed by atoms with Crippen molar-refractivity contribution in [3.05, 3.63) is 35.3 Å². The van der Waals surface area contributed by atoms with Gasteiger partial charge in [-0.05, 0) is 44.0 Å². The van der Waals surface area contributed by atoms with Crippen LogP contribution < -0.4 is 5.32 Å². The average molecular weight is 316 g/mol. The van der Waals surface area contributed by atoms with Gasteiger partial charge in [0.15, 0.2) is 0 Å². The minimum Gasteiger partial charge on any atom is -0.389 e. The van der Waals surface area contributed by atoms with Crippen molar-refractivity contribution in [1.29, 1.82) is 0 Å². The molecule has 116 valence electrons. The highest BCUT2D eigenvalue weighted by Gasteiger charge is 2.33. The second-order valence-electron chi connectivity index (χ2n) is 6.03. The molecule has 3 rings (SSSR count). The van der Waals surface area contributed by atoms with E-state index in [1.165, 1.54) is 0 Å². The molecule has 2 N–H and O–H groups in total. The van der Waals surface area contributed by atoms with Crippen molar-refractivity contribution >= 4 is 22.9 Å². The van der Waals surface area contributed by atoms with Crippen LogP contribution in [0.15, 0.2) is 29.6 Å². The Bertz CT molecular complexity index is 658. The van der Waals surface area contributed by atoms with Gasteiger partial charge in [-0.15, -0.1) is 11.3 Å². The molecule has 0 saturated heterocycles. The summed E-state index contributed by atoms with van der Waals surface area (Å²) in [6, 6.07) is 7.67. The van der Waals surface area contributed by atoms with Gasteiger partial charge in [-0.3, -0.25) is 4.79 Å². The molecule has 2 aromatic rings. The van der Waals surface area contributed by atoms with E-state index in [2.05, 4.69) is 10.3 Å². The molecular weight excluding hydrogens is 296 g/mol. The SMILES string of the molecule is Cc1csc(-c2ccc(NC(=O)CC3(O)CCCC3)cc2)n1. The van der Waals surface area contributed by atoms with E-state index in [-0.39, 0.29) is 12.3 Å². The summed E-state index contributed by atoms with van der Waals surface area (Å²) in [7, 11) is 0. The Hall–Kier alpha value is -1.72. The summed E-state index contributed by atoms with van der Waals surface area (Å²) >= 11 is 1.61. The van der Waals surface area contributed by atoms with Crippen LogP contribution in [0, 0.1) is 6.92 Å². The van der Waals surface area contributed by atoms with Crippen LogP contribution in [-0.2, 0) is 4.79 Å². The first-order chi connectivity index (χ1) is 10.5. The maximum atomic E-state index is 12.1. The third kappa shape index (κ3) is 3.54. The molecule has 1 aliphatic carbocycles. The number of nitrogens with zero attached hydrogens (tertiary/aromatic N) is 1. The highest BCUT2D eigenvalue weighted by atomic mass is 32.1. The fourth-order valence-electron chi connectivity index (χ4n) is 2.90. The van der Waals surface area contributed by atoms with Crippen molar-refractivity contribution in [3.63, 3.8) is 0 Å². The van der Waals surface area contributed by atoms with Crippen molar-refractivity contribution in [2.45, 2.75) is 44.6 Å². The van der Waals surface area contributed by atoms with Crippen LogP contribution in [0.25, 0.3) is 10.6 Å². The van der Waals surface area contributed by atoms with Gasteiger partial charge in [0.2, 0.25) is 5.91 Å². The number of rotatable bonds is 4. The number of aryl methyl sites for hydroxylation is 1. The van der Waals surface area contributed by atoms with Crippen LogP contribution in [0.5, 0.6) is 0 Å². The zero-order valence-corrected chi connectivity index (χ0v) is 13.4. The van der Waals surface area contributed by atoms with Crippen LogP contribution in [-0.4, -0.2) is 21.6 Å². The molecule has 1 fully saturated rings. The fourth-order valence-corrected chi connectivity index (χ4v) is 3.70. The summed E-state index contributed by atoms with van der Waals surface area (Å²) in [5.41, 5.74) is 2.01. The zero-order chi connectivity index (χ0) is 15.6. The van der Waals surface area contributed by atoms with E-state index in [0.29, 0.717) is 0 Å². The molecule has 1 saturated carbocycles. The zero-order valence-electron chi connectivity index (χ0n) is 12.6. The predicted molar refractivity (Wildman–Crippen MR) is 89.0 cm³/mol. The quantitative estimate of drug-likeness (QED) is 0.903. The summed E-state index contributed by atoms with van der Waals surface area (Å²) in [5, 5.41) is 16.1. The first kappa shape index (κ1) is 15.2. The topological polar surface area (TPSA) is 62.2 Å². The van der Waals surface area contributed by atoms with Gasteiger partial charge in [0.1, 0.15) is 5.01 Å². The van der Waals surface area contributed by atoms with E-state index in [0.717, 1.165) is 47.6 Å². The molecule has 5 heteroatoms. The number of amides is 1. The van der Waals surface area contributed by atoms with Crippen molar-refractivity contribution in [1.82, 2.24) is 4.98 Å². The lowest BCUT2D eigenvalue weighted by Gasteiger charge is -2.21. The smallest absolute Gasteiger partial charge is 0.227 e. The van der Waals surface area contributed by atoms with Gasteiger partial charge in [0, 0.05) is 22.3 Å². The van der Waals surface area contributed by atoms with Gasteiger partial charge >= 0.3 is 0 Å². The average Bonchev–Trinajstić information content (AvgIpc) is 3.08. The lowest BCUT2D eigenvalue weighted by atomic mass is 9.97. The lowest BCUT2D eigenvalue weighted by molar-refractivity contribution is -0.120. The number of nitrogens with one attached hydrogen (secondary N) is 1. The standard InChI is InChI=1S/C17H20N2O2S/c1-12-11-22-16(18-12)13-4-6-14(7-5-13)19-15(20)10-17(21)8-2-3-9-17/h4-7,11,21H,2-3,8-10H2,1H3,(H,19,20). The number of anilines is 1. The second-order valence-corrected chi connectivity index (χ2v) is 6.89. The van der Waals surface area contributed by atoms with Crippen molar-refractivity contribution in [3.8, 4) is 10.6 Å². The molecule has 0 bridgehead atoms. The number of aliphatic hydroxyl groups is 1.